The van der Waals surface area contributed by atoms with E-state index in [1.54, 1.807) is 24.4 Å². The number of pyridine rings is 2. The summed E-state index contributed by atoms with van der Waals surface area (Å²) in [6, 6.07) is 9.50. The molecule has 194 valence electrons. The average molecular weight is 523 g/mol. The summed E-state index contributed by atoms with van der Waals surface area (Å²) in [5, 5.41) is 10.2. The van der Waals surface area contributed by atoms with Crippen LogP contribution in [0.1, 0.15) is 18.0 Å². The highest BCUT2D eigenvalue weighted by atomic mass is 19.3. The van der Waals surface area contributed by atoms with Crippen molar-refractivity contribution in [3.05, 3.63) is 76.7 Å². The quantitative estimate of drug-likeness (QED) is 0.356. The second-order valence-electron chi connectivity index (χ2n) is 8.68. The lowest BCUT2D eigenvalue weighted by Gasteiger charge is -2.28. The van der Waals surface area contributed by atoms with Gasteiger partial charge in [0.25, 0.3) is 5.89 Å². The highest BCUT2D eigenvalue weighted by Crippen LogP contribution is 2.29. The molecule has 0 amide bonds. The van der Waals surface area contributed by atoms with Crippen LogP contribution in [0.4, 0.5) is 19.0 Å². The molecule has 0 aliphatic carbocycles. The Morgan fingerprint density at radius 1 is 0.974 bits per heavy atom. The number of rotatable bonds is 6. The molecule has 38 heavy (non-hydrogen) atoms. The molecule has 13 heteroatoms. The van der Waals surface area contributed by atoms with E-state index in [1.807, 2.05) is 6.07 Å². The highest BCUT2D eigenvalue weighted by molar-refractivity contribution is 5.81. The molecule has 1 saturated heterocycles. The smallest absolute Gasteiger partial charge is 0.415 e. The number of nitrogens with zero attached hydrogens (tertiary/aromatic N) is 6. The number of benzene rings is 1. The highest BCUT2D eigenvalue weighted by Gasteiger charge is 2.19. The van der Waals surface area contributed by atoms with Crippen LogP contribution in [0.5, 0.6) is 0 Å². The Morgan fingerprint density at radius 3 is 2.45 bits per heavy atom. The third-order valence-corrected chi connectivity index (χ3v) is 6.28. The van der Waals surface area contributed by atoms with Gasteiger partial charge in [-0.25, -0.2) is 14.2 Å². The van der Waals surface area contributed by atoms with Crippen LogP contribution >= 0.6 is 0 Å². The van der Waals surface area contributed by atoms with E-state index in [9.17, 15) is 13.6 Å². The maximum Gasteiger partial charge on any atom is 0.420 e. The van der Waals surface area contributed by atoms with Crippen LogP contribution in [0.3, 0.4) is 0 Å². The first-order chi connectivity index (χ1) is 18.5. The number of fused-ring (bicyclic) bond motifs is 1. The molecule has 0 unspecified atom stereocenters. The molecule has 1 aromatic carbocycles. The number of alkyl halides is 2. The summed E-state index contributed by atoms with van der Waals surface area (Å²) < 4.78 is 52.1. The summed E-state index contributed by atoms with van der Waals surface area (Å²) in [6.45, 7) is 3.45. The second-order valence-corrected chi connectivity index (χ2v) is 8.68. The maximum atomic E-state index is 15.2. The SMILES string of the molecule is O=c1oc2cc(-c3ccc(N4CCNCC4)nc3)c(F)cc2n1Cc1ccc(-c2nnc(C(F)F)o2)cn1. The fraction of sp³-hybridized carbons (Fsp3) is 0.240. The average Bonchev–Trinajstić information content (AvgIpc) is 3.55. The van der Waals surface area contributed by atoms with Gasteiger partial charge in [-0.2, -0.15) is 8.78 Å². The number of nitrogens with one attached hydrogen (secondary N) is 1. The zero-order valence-electron chi connectivity index (χ0n) is 19.8. The topological polar surface area (TPSA) is 115 Å². The lowest BCUT2D eigenvalue weighted by molar-refractivity contribution is 0.116. The molecule has 0 bridgehead atoms. The molecule has 1 aliphatic heterocycles. The molecule has 10 nitrogen and oxygen atoms in total. The summed E-state index contributed by atoms with van der Waals surface area (Å²) in [6.07, 6.45) is 0.0930. The third-order valence-electron chi connectivity index (χ3n) is 6.28. The van der Waals surface area contributed by atoms with Gasteiger partial charge in [0.05, 0.1) is 23.3 Å². The van der Waals surface area contributed by atoms with Gasteiger partial charge in [0.15, 0.2) is 5.58 Å². The predicted octanol–water partition coefficient (Wildman–Crippen LogP) is 3.64. The molecule has 0 saturated carbocycles. The van der Waals surface area contributed by atoms with Crippen LogP contribution in [-0.2, 0) is 6.54 Å². The van der Waals surface area contributed by atoms with Crippen molar-refractivity contribution in [3.63, 3.8) is 0 Å². The molecule has 1 aliphatic rings. The van der Waals surface area contributed by atoms with Gasteiger partial charge in [0, 0.05) is 55.8 Å². The first-order valence-corrected chi connectivity index (χ1v) is 11.8. The Kier molecular flexibility index (Phi) is 6.12. The molecule has 5 aromatic rings. The lowest BCUT2D eigenvalue weighted by Crippen LogP contribution is -2.43. The van der Waals surface area contributed by atoms with Crippen LogP contribution in [0.2, 0.25) is 0 Å². The third kappa shape index (κ3) is 4.52. The second kappa shape index (κ2) is 9.74. The van der Waals surface area contributed by atoms with Crippen LogP contribution in [0.15, 0.2) is 62.4 Å². The normalized spacial score (nSPS) is 14.1. The summed E-state index contributed by atoms with van der Waals surface area (Å²) >= 11 is 0. The van der Waals surface area contributed by atoms with Gasteiger partial charge < -0.3 is 19.1 Å². The fourth-order valence-corrected chi connectivity index (χ4v) is 4.33. The molecule has 4 aromatic heterocycles. The van der Waals surface area contributed by atoms with E-state index in [1.165, 1.54) is 22.9 Å². The van der Waals surface area contributed by atoms with Crippen LogP contribution < -0.4 is 16.0 Å². The maximum absolute atomic E-state index is 15.2. The van der Waals surface area contributed by atoms with Gasteiger partial charge in [0.1, 0.15) is 11.6 Å². The monoisotopic (exact) mass is 523 g/mol. The summed E-state index contributed by atoms with van der Waals surface area (Å²) in [5.74, 6) is -1.27. The van der Waals surface area contributed by atoms with Crippen molar-refractivity contribution in [3.8, 4) is 22.6 Å². The molecule has 0 radical (unpaired) electrons. The minimum absolute atomic E-state index is 0.00202. The Labute approximate surface area is 212 Å². The van der Waals surface area contributed by atoms with Gasteiger partial charge in [-0.05, 0) is 30.3 Å². The molecular weight excluding hydrogens is 503 g/mol. The molecule has 6 rings (SSSR count). The Bertz CT molecular complexity index is 1640. The van der Waals surface area contributed by atoms with Crippen LogP contribution in [0.25, 0.3) is 33.7 Å². The van der Waals surface area contributed by atoms with Crippen molar-refractivity contribution in [1.82, 2.24) is 30.0 Å². The van der Waals surface area contributed by atoms with Gasteiger partial charge in [-0.15, -0.1) is 10.2 Å². The molecular formula is C25H20F3N7O3. The molecule has 0 atom stereocenters. The van der Waals surface area contributed by atoms with E-state index in [4.69, 9.17) is 8.83 Å². The number of oxazole rings is 1. The molecule has 5 heterocycles. The van der Waals surface area contributed by atoms with Crippen molar-refractivity contribution in [1.29, 1.82) is 0 Å². The Hall–Kier alpha value is -4.52. The van der Waals surface area contributed by atoms with Gasteiger partial charge >= 0.3 is 12.2 Å². The van der Waals surface area contributed by atoms with Crippen molar-refractivity contribution in [2.24, 2.45) is 0 Å². The van der Waals surface area contributed by atoms with Gasteiger partial charge in [-0.3, -0.25) is 9.55 Å². The minimum atomic E-state index is -2.88. The summed E-state index contributed by atoms with van der Waals surface area (Å²) in [5.41, 5.74) is 2.11. The summed E-state index contributed by atoms with van der Waals surface area (Å²) in [4.78, 5) is 23.5. The van der Waals surface area contributed by atoms with E-state index < -0.39 is 23.9 Å². The predicted molar refractivity (Wildman–Crippen MR) is 130 cm³/mol. The van der Waals surface area contributed by atoms with Crippen molar-refractivity contribution in [2.45, 2.75) is 13.0 Å². The summed E-state index contributed by atoms with van der Waals surface area (Å²) in [7, 11) is 0. The van der Waals surface area contributed by atoms with Crippen LogP contribution in [0, 0.1) is 5.82 Å². The van der Waals surface area contributed by atoms with Crippen molar-refractivity contribution < 1.29 is 22.0 Å². The first-order valence-electron chi connectivity index (χ1n) is 11.8. The molecule has 0 spiro atoms. The zero-order valence-corrected chi connectivity index (χ0v) is 19.8. The van der Waals surface area contributed by atoms with E-state index in [0.717, 1.165) is 32.0 Å². The molecule has 1 fully saturated rings. The molecule has 1 N–H and O–H groups in total. The lowest BCUT2D eigenvalue weighted by atomic mass is 10.1. The van der Waals surface area contributed by atoms with E-state index in [-0.39, 0.29) is 29.1 Å². The minimum Gasteiger partial charge on any atom is -0.415 e. The fourth-order valence-electron chi connectivity index (χ4n) is 4.33. The number of anilines is 1. The number of piperazine rings is 1. The number of hydrogen-bond acceptors (Lipinski definition) is 9. The van der Waals surface area contributed by atoms with Crippen LogP contribution in [-0.4, -0.2) is 50.9 Å². The standard InChI is InChI=1S/C25H20F3N7O3/c26-18-10-19-20(9-17(18)14-2-4-21(31-11-14)34-7-5-29-6-8-34)37-25(36)35(19)13-16-3-1-15(12-30-16)23-32-33-24(38-23)22(27)28/h1-4,9-12,22,29H,5-8,13H2. The Balaban J connectivity index is 1.25. The van der Waals surface area contributed by atoms with E-state index in [0.29, 0.717) is 16.8 Å². The van der Waals surface area contributed by atoms with E-state index in [2.05, 4.69) is 30.4 Å². The van der Waals surface area contributed by atoms with Gasteiger partial charge in [0.2, 0.25) is 5.89 Å². The number of halogens is 3. The van der Waals surface area contributed by atoms with E-state index >= 15 is 4.39 Å². The Morgan fingerprint density at radius 2 is 1.76 bits per heavy atom. The number of aromatic nitrogens is 5. The van der Waals surface area contributed by atoms with Crippen molar-refractivity contribution >= 4 is 16.9 Å². The van der Waals surface area contributed by atoms with Crippen molar-refractivity contribution in [2.75, 3.05) is 31.1 Å². The zero-order chi connectivity index (χ0) is 26.2. The first kappa shape index (κ1) is 23.9. The van der Waals surface area contributed by atoms with Gasteiger partial charge in [-0.1, -0.05) is 0 Å². The largest absolute Gasteiger partial charge is 0.420 e. The number of hydrogen-bond donors (Lipinski definition) is 1.